The van der Waals surface area contributed by atoms with Crippen molar-refractivity contribution in [2.24, 2.45) is 11.7 Å². The summed E-state index contributed by atoms with van der Waals surface area (Å²) >= 11 is 0. The van der Waals surface area contributed by atoms with Crippen molar-refractivity contribution in [2.75, 3.05) is 23.4 Å². The first-order valence-corrected chi connectivity index (χ1v) is 10.4. The third-order valence-corrected chi connectivity index (χ3v) is 6.16. The van der Waals surface area contributed by atoms with Gasteiger partial charge in [-0.25, -0.2) is 9.78 Å². The van der Waals surface area contributed by atoms with Gasteiger partial charge < -0.3 is 25.1 Å². The monoisotopic (exact) mass is 411 g/mol. The Morgan fingerprint density at radius 1 is 1.33 bits per heavy atom. The van der Waals surface area contributed by atoms with Gasteiger partial charge in [0.25, 0.3) is 0 Å². The molecule has 2 aromatic rings. The van der Waals surface area contributed by atoms with Gasteiger partial charge in [-0.15, -0.1) is 0 Å². The van der Waals surface area contributed by atoms with Gasteiger partial charge in [-0.3, -0.25) is 9.69 Å². The van der Waals surface area contributed by atoms with Crippen LogP contribution in [-0.2, 0) is 16.1 Å². The van der Waals surface area contributed by atoms with Crippen molar-refractivity contribution >= 4 is 23.5 Å². The number of nitrogens with one attached hydrogen (secondary N) is 1. The maximum atomic E-state index is 12.1. The summed E-state index contributed by atoms with van der Waals surface area (Å²) in [4.78, 5) is 30.3. The predicted octanol–water partition coefficient (Wildman–Crippen LogP) is 2.35. The lowest BCUT2D eigenvalue weighted by Crippen LogP contribution is -2.44. The molecule has 1 saturated carbocycles. The molecular weight excluding hydrogens is 386 g/mol. The normalized spacial score (nSPS) is 21.6. The smallest absolute Gasteiger partial charge is 0.415 e. The first-order chi connectivity index (χ1) is 14.5. The maximum Gasteiger partial charge on any atom is 0.415 e. The fraction of sp³-hybridized carbons (Fsp3) is 0.476. The molecule has 1 aliphatic carbocycles. The number of hydrogen-bond acceptors (Lipinski definition) is 6. The average molecular weight is 411 g/mol. The van der Waals surface area contributed by atoms with Gasteiger partial charge in [0, 0.05) is 18.0 Å². The molecule has 0 bridgehead atoms. The van der Waals surface area contributed by atoms with Crippen molar-refractivity contribution < 1.29 is 19.1 Å². The second kappa shape index (κ2) is 7.23. The number of aromatic nitrogens is 2. The van der Waals surface area contributed by atoms with E-state index < -0.39 is 0 Å². The van der Waals surface area contributed by atoms with Crippen molar-refractivity contribution in [3.05, 3.63) is 24.4 Å². The minimum atomic E-state index is -0.376. The van der Waals surface area contributed by atoms with Crippen LogP contribution in [0.5, 0.6) is 5.75 Å². The van der Waals surface area contributed by atoms with Gasteiger partial charge in [-0.05, 0) is 37.8 Å². The highest BCUT2D eigenvalue weighted by Gasteiger charge is 2.34. The summed E-state index contributed by atoms with van der Waals surface area (Å²) < 4.78 is 13.1. The van der Waals surface area contributed by atoms with Gasteiger partial charge in [0.05, 0.1) is 18.2 Å². The van der Waals surface area contributed by atoms with Crippen LogP contribution < -0.4 is 20.7 Å². The van der Waals surface area contributed by atoms with E-state index in [1.54, 1.807) is 4.90 Å². The van der Waals surface area contributed by atoms with Gasteiger partial charge in [-0.2, -0.15) is 0 Å². The van der Waals surface area contributed by atoms with E-state index in [9.17, 15) is 9.59 Å². The summed E-state index contributed by atoms with van der Waals surface area (Å²) in [6.07, 6.45) is 4.65. The molecule has 2 fully saturated rings. The van der Waals surface area contributed by atoms with Gasteiger partial charge in [0.2, 0.25) is 5.91 Å². The third kappa shape index (κ3) is 3.14. The molecule has 0 spiro atoms. The fourth-order valence-electron chi connectivity index (χ4n) is 4.28. The van der Waals surface area contributed by atoms with Crippen LogP contribution in [0, 0.1) is 5.92 Å². The number of anilines is 2. The molecule has 1 saturated heterocycles. The Balaban J connectivity index is 1.45. The summed E-state index contributed by atoms with van der Waals surface area (Å²) in [7, 11) is 0. The molecule has 1 aromatic heterocycles. The van der Waals surface area contributed by atoms with Gasteiger partial charge in [0.15, 0.2) is 5.82 Å². The maximum absolute atomic E-state index is 12.1. The fourth-order valence-corrected chi connectivity index (χ4v) is 4.28. The molecule has 3 aliphatic rings. The molecule has 30 heavy (non-hydrogen) atoms. The molecule has 5 rings (SSSR count). The zero-order valence-corrected chi connectivity index (χ0v) is 16.8. The number of rotatable bonds is 5. The first-order valence-electron chi connectivity index (χ1n) is 10.4. The number of cyclic esters (lactones) is 1. The number of imidazole rings is 1. The van der Waals surface area contributed by atoms with Crippen molar-refractivity contribution in [2.45, 2.75) is 44.8 Å². The quantitative estimate of drug-likeness (QED) is 0.781. The van der Waals surface area contributed by atoms with E-state index in [2.05, 4.69) is 5.32 Å². The van der Waals surface area contributed by atoms with Gasteiger partial charge in [0.1, 0.15) is 30.8 Å². The Morgan fingerprint density at radius 2 is 2.17 bits per heavy atom. The number of nitrogens with two attached hydrogens (primary N) is 1. The van der Waals surface area contributed by atoms with Crippen LogP contribution in [0.2, 0.25) is 0 Å². The molecule has 158 valence electrons. The molecule has 9 heteroatoms. The van der Waals surface area contributed by atoms with Crippen molar-refractivity contribution in [1.29, 1.82) is 0 Å². The summed E-state index contributed by atoms with van der Waals surface area (Å²) in [5, 5.41) is 3.29. The molecule has 0 radical (unpaired) electrons. The van der Waals surface area contributed by atoms with E-state index in [4.69, 9.17) is 20.2 Å². The summed E-state index contributed by atoms with van der Waals surface area (Å²) in [5.41, 5.74) is 7.25. The van der Waals surface area contributed by atoms with Crippen LogP contribution >= 0.6 is 0 Å². The van der Waals surface area contributed by atoms with E-state index in [0.717, 1.165) is 36.3 Å². The zero-order chi connectivity index (χ0) is 20.8. The largest absolute Gasteiger partial charge is 0.491 e. The van der Waals surface area contributed by atoms with Crippen molar-refractivity contribution in [3.63, 3.8) is 0 Å². The number of primary amides is 1. The Hall–Kier alpha value is -3.23. The molecule has 3 N–H and O–H groups in total. The topological polar surface area (TPSA) is 112 Å². The third-order valence-electron chi connectivity index (χ3n) is 6.16. The molecule has 0 unspecified atom stereocenters. The molecule has 2 aliphatic heterocycles. The highest BCUT2D eigenvalue weighted by atomic mass is 16.6. The molecule has 9 nitrogen and oxygen atoms in total. The number of fused-ring (bicyclic) bond motifs is 3. The van der Waals surface area contributed by atoms with E-state index in [-0.39, 0.29) is 30.0 Å². The highest BCUT2D eigenvalue weighted by molar-refractivity contribution is 5.89. The number of carbonyl (C=O) groups excluding carboxylic acids is 2. The lowest BCUT2D eigenvalue weighted by Gasteiger charge is -2.32. The van der Waals surface area contributed by atoms with Crippen LogP contribution in [0.3, 0.4) is 0 Å². The highest BCUT2D eigenvalue weighted by Crippen LogP contribution is 2.37. The van der Waals surface area contributed by atoms with Gasteiger partial charge in [-0.1, -0.05) is 6.42 Å². The van der Waals surface area contributed by atoms with E-state index >= 15 is 0 Å². The summed E-state index contributed by atoms with van der Waals surface area (Å²) in [5.74, 6) is 1.95. The Labute approximate surface area is 174 Å². The van der Waals surface area contributed by atoms with Gasteiger partial charge >= 0.3 is 6.09 Å². The Morgan fingerprint density at radius 3 is 2.83 bits per heavy atom. The Kier molecular flexibility index (Phi) is 4.52. The number of amides is 2. The summed E-state index contributed by atoms with van der Waals surface area (Å²) in [6, 6.07) is 5.29. The lowest BCUT2D eigenvalue weighted by molar-refractivity contribution is -0.120. The summed E-state index contributed by atoms with van der Waals surface area (Å²) in [6.45, 7) is 3.38. The zero-order valence-electron chi connectivity index (χ0n) is 16.8. The average Bonchev–Trinajstić information content (AvgIpc) is 3.18. The Bertz CT molecular complexity index is 999. The standard InChI is InChI=1S/C21H25N5O4/c1-12-11-30-21(28)26(12)17-10-25-7-8-29-16-9-14(5-6-15(16)20(25)24-17)23-18(19(22)27)13-3-2-4-13/h5-6,9-10,12-13,18,23H,2-4,7-8,11H2,1H3,(H2,22,27)/t12-,18-/m1/s1. The minimum absolute atomic E-state index is 0.0591. The molecule has 1 aromatic carbocycles. The minimum Gasteiger partial charge on any atom is -0.491 e. The second-order valence-corrected chi connectivity index (χ2v) is 8.19. The number of benzene rings is 1. The van der Waals surface area contributed by atoms with Crippen LogP contribution in [0.15, 0.2) is 24.4 Å². The van der Waals surface area contributed by atoms with Crippen LogP contribution in [0.25, 0.3) is 11.4 Å². The molecule has 2 atom stereocenters. The number of nitrogens with zero attached hydrogens (tertiary/aromatic N) is 3. The lowest BCUT2D eigenvalue weighted by atomic mass is 9.79. The van der Waals surface area contributed by atoms with E-state index in [1.807, 2.05) is 35.9 Å². The predicted molar refractivity (Wildman–Crippen MR) is 110 cm³/mol. The van der Waals surface area contributed by atoms with Crippen molar-refractivity contribution in [3.8, 4) is 17.1 Å². The SMILES string of the molecule is C[C@@H]1COC(=O)N1c1cn2c(n1)-c1ccc(N[C@@H](C(N)=O)C3CCC3)cc1OCC2. The molecule has 2 amide bonds. The second-order valence-electron chi connectivity index (χ2n) is 8.19. The van der Waals surface area contributed by atoms with E-state index in [1.165, 1.54) is 0 Å². The molecular formula is C21H25N5O4. The van der Waals surface area contributed by atoms with Crippen LogP contribution in [0.4, 0.5) is 16.3 Å². The number of hydrogen-bond donors (Lipinski definition) is 2. The first kappa shape index (κ1) is 18.8. The number of ether oxygens (including phenoxy) is 2. The van der Waals surface area contributed by atoms with Crippen LogP contribution in [-0.4, -0.2) is 46.8 Å². The van der Waals surface area contributed by atoms with Crippen molar-refractivity contribution in [1.82, 2.24) is 9.55 Å². The number of carbonyl (C=O) groups is 2. The van der Waals surface area contributed by atoms with E-state index in [0.29, 0.717) is 31.3 Å². The molecule has 3 heterocycles. The van der Waals surface area contributed by atoms with Crippen LogP contribution in [0.1, 0.15) is 26.2 Å².